The van der Waals surface area contributed by atoms with Crippen LogP contribution in [0, 0.1) is 0 Å². The van der Waals surface area contributed by atoms with Crippen LogP contribution in [0.15, 0.2) is 82.8 Å². The summed E-state index contributed by atoms with van der Waals surface area (Å²) in [5.41, 5.74) is 6.03. The molecule has 3 heteroatoms. The van der Waals surface area contributed by atoms with E-state index in [1.54, 1.807) is 0 Å². The maximum absolute atomic E-state index is 5.27. The van der Waals surface area contributed by atoms with Gasteiger partial charge in [0.05, 0.1) is 17.1 Å². The molecule has 2 aromatic carbocycles. The standard InChI is InChI=1S/C61H102N2.Ni/c1-4-7-10-12-14-16-18-20-22-24-26-28-30-32-34-36-38-40-43-49-57-51-45-47-54-60(57)62-56-59(53-42-9-6-3)63-61-55-48-46-52-58(61)50-44-41-39-37-35-33-31-29-27-25-23-21-19-17-15-13-11-8-5-2;/h36-39,45-48,51-52,54-56H,4-35,40-44,49-50,53H2,1-3H3;. The van der Waals surface area contributed by atoms with E-state index in [0.29, 0.717) is 0 Å². The van der Waals surface area contributed by atoms with Crippen molar-refractivity contribution in [3.8, 4) is 0 Å². The van der Waals surface area contributed by atoms with Crippen molar-refractivity contribution >= 4 is 23.3 Å². The molecule has 64 heavy (non-hydrogen) atoms. The van der Waals surface area contributed by atoms with E-state index < -0.39 is 0 Å². The van der Waals surface area contributed by atoms with Gasteiger partial charge in [-0.2, -0.15) is 0 Å². The van der Waals surface area contributed by atoms with Gasteiger partial charge in [-0.1, -0.05) is 261 Å². The summed E-state index contributed by atoms with van der Waals surface area (Å²) >= 11 is 0. The topological polar surface area (TPSA) is 24.7 Å². The van der Waals surface area contributed by atoms with Crippen molar-refractivity contribution in [2.24, 2.45) is 9.98 Å². The summed E-state index contributed by atoms with van der Waals surface area (Å²) in [6, 6.07) is 17.5. The van der Waals surface area contributed by atoms with Crippen molar-refractivity contribution in [3.05, 3.63) is 84.0 Å². The van der Waals surface area contributed by atoms with Crippen molar-refractivity contribution in [2.75, 3.05) is 0 Å². The Labute approximate surface area is 409 Å². The molecule has 0 radical (unpaired) electrons. The molecule has 0 spiro atoms. The molecular weight excluding hydrogens is 819 g/mol. The molecule has 0 aliphatic rings. The van der Waals surface area contributed by atoms with Crippen molar-refractivity contribution in [2.45, 2.75) is 278 Å². The molecule has 0 unspecified atom stereocenters. The summed E-state index contributed by atoms with van der Waals surface area (Å²) in [6.45, 7) is 6.89. The summed E-state index contributed by atoms with van der Waals surface area (Å²) in [5.74, 6) is 0. The van der Waals surface area contributed by atoms with Gasteiger partial charge >= 0.3 is 0 Å². The van der Waals surface area contributed by atoms with E-state index in [1.165, 1.54) is 229 Å². The maximum Gasteiger partial charge on any atom is 0.0665 e. The first-order chi connectivity index (χ1) is 31.3. The van der Waals surface area contributed by atoms with Crippen LogP contribution >= 0.6 is 0 Å². The molecule has 0 amide bonds. The Morgan fingerprint density at radius 1 is 0.359 bits per heavy atom. The minimum absolute atomic E-state index is 0. The zero-order valence-corrected chi connectivity index (χ0v) is 43.5. The van der Waals surface area contributed by atoms with Crippen LogP contribution in [0.4, 0.5) is 11.4 Å². The molecule has 0 aliphatic carbocycles. The predicted octanol–water partition coefficient (Wildman–Crippen LogP) is 21.2. The Kier molecular flexibility index (Phi) is 44.1. The first kappa shape index (κ1) is 59.8. The first-order valence-electron chi connectivity index (χ1n) is 27.9. The smallest absolute Gasteiger partial charge is 0.0665 e. The Morgan fingerprint density at radius 2 is 0.672 bits per heavy atom. The largest absolute Gasteiger partial charge is 0.255 e. The Morgan fingerprint density at radius 3 is 1.08 bits per heavy atom. The fourth-order valence-electron chi connectivity index (χ4n) is 8.89. The summed E-state index contributed by atoms with van der Waals surface area (Å²) in [6.07, 6.45) is 65.5. The third kappa shape index (κ3) is 35.9. The fraction of sp³-hybridized carbons (Fsp3) is 0.705. The minimum Gasteiger partial charge on any atom is -0.255 e. The molecule has 0 saturated heterocycles. The van der Waals surface area contributed by atoms with Crippen LogP contribution in [0.3, 0.4) is 0 Å². The molecule has 0 bridgehead atoms. The minimum atomic E-state index is 0. The summed E-state index contributed by atoms with van der Waals surface area (Å²) in [4.78, 5) is 10.4. The molecule has 2 aromatic rings. The van der Waals surface area contributed by atoms with Gasteiger partial charge in [0.15, 0.2) is 0 Å². The number of benzene rings is 2. The van der Waals surface area contributed by atoms with Gasteiger partial charge in [0, 0.05) is 22.7 Å². The zero-order chi connectivity index (χ0) is 44.8. The number of aryl methyl sites for hydroxylation is 2. The second-order valence-corrected chi connectivity index (χ2v) is 19.1. The summed E-state index contributed by atoms with van der Waals surface area (Å²) in [7, 11) is 0. The van der Waals surface area contributed by atoms with Crippen LogP contribution in [0.5, 0.6) is 0 Å². The third-order valence-electron chi connectivity index (χ3n) is 13.1. The molecule has 2 nitrogen and oxygen atoms in total. The van der Waals surface area contributed by atoms with Crippen LogP contribution in [0.25, 0.3) is 0 Å². The number of rotatable bonds is 45. The molecule has 0 atom stereocenters. The number of aliphatic imine (C=N–C) groups is 2. The molecule has 2 rings (SSSR count). The zero-order valence-electron chi connectivity index (χ0n) is 42.5. The number of nitrogens with zero attached hydrogens (tertiary/aromatic N) is 2. The van der Waals surface area contributed by atoms with Gasteiger partial charge in [-0.25, -0.2) is 0 Å². The monoisotopic (exact) mass is 921 g/mol. The van der Waals surface area contributed by atoms with Gasteiger partial charge in [-0.15, -0.1) is 0 Å². The van der Waals surface area contributed by atoms with Gasteiger partial charge in [0.25, 0.3) is 0 Å². The van der Waals surface area contributed by atoms with Gasteiger partial charge in [0.2, 0.25) is 0 Å². The van der Waals surface area contributed by atoms with Gasteiger partial charge in [0.1, 0.15) is 0 Å². The van der Waals surface area contributed by atoms with Gasteiger partial charge in [-0.05, 0) is 100 Å². The van der Waals surface area contributed by atoms with Crippen molar-refractivity contribution in [1.82, 2.24) is 0 Å². The van der Waals surface area contributed by atoms with E-state index in [0.717, 1.165) is 55.6 Å². The van der Waals surface area contributed by atoms with Crippen molar-refractivity contribution in [1.29, 1.82) is 0 Å². The van der Waals surface area contributed by atoms with Crippen molar-refractivity contribution < 1.29 is 16.5 Å². The average molecular weight is 922 g/mol. The maximum atomic E-state index is 5.27. The number of para-hydroxylation sites is 2. The quantitative estimate of drug-likeness (QED) is 0.0274. The van der Waals surface area contributed by atoms with Crippen LogP contribution in [0.1, 0.15) is 276 Å². The van der Waals surface area contributed by atoms with Gasteiger partial charge < -0.3 is 0 Å². The number of hydrogen-bond acceptors (Lipinski definition) is 2. The molecule has 0 aromatic heterocycles. The van der Waals surface area contributed by atoms with E-state index in [1.807, 2.05) is 0 Å². The average Bonchev–Trinajstić information content (AvgIpc) is 3.30. The molecule has 366 valence electrons. The predicted molar refractivity (Wildman–Crippen MR) is 286 cm³/mol. The van der Waals surface area contributed by atoms with Crippen LogP contribution < -0.4 is 0 Å². The molecular formula is C61H102N2Ni. The SMILES string of the molecule is CCCCCCCCCCCCCCCCC=CCCCc1ccccc1N=CC(CCCCC)=Nc1ccccc1CCCC=CCCCCCCCCCCCCCCCC.[Ni]. The number of unbranched alkanes of at least 4 members (excludes halogenated alkanes) is 32. The van der Waals surface area contributed by atoms with Crippen LogP contribution in [-0.2, 0) is 29.3 Å². The second-order valence-electron chi connectivity index (χ2n) is 19.1. The fourth-order valence-corrected chi connectivity index (χ4v) is 8.89. The van der Waals surface area contributed by atoms with Crippen LogP contribution in [0.2, 0.25) is 0 Å². The number of allylic oxidation sites excluding steroid dienone is 4. The molecule has 0 saturated carbocycles. The molecule has 0 N–H and O–H groups in total. The van der Waals surface area contributed by atoms with Crippen molar-refractivity contribution in [3.63, 3.8) is 0 Å². The van der Waals surface area contributed by atoms with E-state index in [9.17, 15) is 0 Å². The molecule has 0 heterocycles. The first-order valence-corrected chi connectivity index (χ1v) is 27.9. The third-order valence-corrected chi connectivity index (χ3v) is 13.1. The second kappa shape index (κ2) is 47.3. The van der Waals surface area contributed by atoms with E-state index >= 15 is 0 Å². The molecule has 0 aliphatic heterocycles. The molecule has 0 fully saturated rings. The summed E-state index contributed by atoms with van der Waals surface area (Å²) in [5, 5.41) is 0. The normalized spacial score (nSPS) is 12.1. The van der Waals surface area contributed by atoms with E-state index in [4.69, 9.17) is 9.98 Å². The van der Waals surface area contributed by atoms with Gasteiger partial charge in [-0.3, -0.25) is 9.98 Å². The Hall–Kier alpha value is -2.25. The summed E-state index contributed by atoms with van der Waals surface area (Å²) < 4.78 is 0. The Bertz CT molecular complexity index is 1400. The Balaban J connectivity index is 0.0000205. The van der Waals surface area contributed by atoms with E-state index in [2.05, 4.69) is 99.8 Å². The van der Waals surface area contributed by atoms with Crippen LogP contribution in [-0.4, -0.2) is 11.9 Å². The van der Waals surface area contributed by atoms with E-state index in [-0.39, 0.29) is 16.5 Å². The number of hydrogen-bond donors (Lipinski definition) is 0.